The smallest absolute Gasteiger partial charge is 0.129 e. The summed E-state index contributed by atoms with van der Waals surface area (Å²) in [4.78, 5) is 0. The molecular weight excluding hydrogens is 186 g/mol. The van der Waals surface area contributed by atoms with Crippen molar-refractivity contribution in [2.24, 2.45) is 0 Å². The molecule has 14 heavy (non-hydrogen) atoms. The van der Waals surface area contributed by atoms with Crippen molar-refractivity contribution in [3.05, 3.63) is 35.4 Å². The molecule has 0 saturated heterocycles. The van der Waals surface area contributed by atoms with Crippen molar-refractivity contribution in [2.75, 3.05) is 6.54 Å². The van der Waals surface area contributed by atoms with Gasteiger partial charge in [0.1, 0.15) is 17.7 Å². The van der Waals surface area contributed by atoms with E-state index in [1.807, 2.05) is 6.07 Å². The topological polar surface area (TPSA) is 35.8 Å². The van der Waals surface area contributed by atoms with Crippen molar-refractivity contribution in [2.45, 2.75) is 13.0 Å². The second-order valence-electron chi connectivity index (χ2n) is 2.79. The zero-order valence-electron chi connectivity index (χ0n) is 7.72. The number of hydrogen-bond donors (Lipinski definition) is 1. The third kappa shape index (κ3) is 2.27. The number of nitrogens with one attached hydrogen (secondary N) is 1. The van der Waals surface area contributed by atoms with Crippen LogP contribution in [0.15, 0.2) is 18.2 Å². The van der Waals surface area contributed by atoms with Gasteiger partial charge in [-0.15, -0.1) is 0 Å². The Morgan fingerprint density at radius 1 is 1.50 bits per heavy atom. The molecule has 1 aromatic rings. The van der Waals surface area contributed by atoms with Crippen LogP contribution in [0, 0.1) is 23.0 Å². The molecule has 0 fully saturated rings. The highest BCUT2D eigenvalue weighted by Crippen LogP contribution is 2.17. The monoisotopic (exact) mass is 196 g/mol. The van der Waals surface area contributed by atoms with Crippen LogP contribution in [-0.2, 0) is 0 Å². The van der Waals surface area contributed by atoms with Gasteiger partial charge in [-0.2, -0.15) is 5.26 Å². The van der Waals surface area contributed by atoms with Crippen LogP contribution in [0.1, 0.15) is 18.5 Å². The second kappa shape index (κ2) is 4.68. The molecule has 0 saturated carbocycles. The summed E-state index contributed by atoms with van der Waals surface area (Å²) in [7, 11) is 0. The molecule has 0 aliphatic carbocycles. The average molecular weight is 196 g/mol. The van der Waals surface area contributed by atoms with Gasteiger partial charge in [0.15, 0.2) is 0 Å². The fraction of sp³-hybridized carbons (Fsp3) is 0.300. The minimum atomic E-state index is -0.796. The van der Waals surface area contributed by atoms with E-state index >= 15 is 0 Å². The predicted octanol–water partition coefficient (Wildman–Crippen LogP) is 2.14. The molecule has 1 unspecified atom stereocenters. The van der Waals surface area contributed by atoms with Gasteiger partial charge in [-0.05, 0) is 24.7 Å². The minimum Gasteiger partial charge on any atom is -0.298 e. The molecule has 0 heterocycles. The molecule has 0 aromatic heterocycles. The first-order chi connectivity index (χ1) is 6.69. The maximum atomic E-state index is 13.2. The highest BCUT2D eigenvalue weighted by Gasteiger charge is 2.14. The summed E-state index contributed by atoms with van der Waals surface area (Å²) < 4.78 is 26.0. The number of halogens is 2. The summed E-state index contributed by atoms with van der Waals surface area (Å²) in [5, 5.41) is 11.5. The van der Waals surface area contributed by atoms with Gasteiger partial charge in [0.25, 0.3) is 0 Å². The highest BCUT2D eigenvalue weighted by molar-refractivity contribution is 5.26. The van der Waals surface area contributed by atoms with Gasteiger partial charge in [-0.25, -0.2) is 8.78 Å². The van der Waals surface area contributed by atoms with E-state index in [-0.39, 0.29) is 5.56 Å². The molecule has 0 aliphatic rings. The maximum Gasteiger partial charge on any atom is 0.129 e. The third-order valence-corrected chi connectivity index (χ3v) is 1.81. The Labute approximate surface area is 81.2 Å². The van der Waals surface area contributed by atoms with Crippen molar-refractivity contribution in [1.29, 1.82) is 5.26 Å². The van der Waals surface area contributed by atoms with E-state index in [1.165, 1.54) is 0 Å². The van der Waals surface area contributed by atoms with Crippen LogP contribution in [0.4, 0.5) is 8.78 Å². The lowest BCUT2D eigenvalue weighted by atomic mass is 10.1. The third-order valence-electron chi connectivity index (χ3n) is 1.81. The van der Waals surface area contributed by atoms with Crippen molar-refractivity contribution < 1.29 is 8.78 Å². The summed E-state index contributed by atoms with van der Waals surface area (Å²) in [6.07, 6.45) is 0. The van der Waals surface area contributed by atoms with E-state index in [9.17, 15) is 8.78 Å². The van der Waals surface area contributed by atoms with Crippen LogP contribution in [0.2, 0.25) is 0 Å². The standard InChI is InChI=1S/C10H10F2N2/c1-2-14-10(6-13)8-5-7(11)3-4-9(8)12/h3-5,10,14H,2H2,1H3. The summed E-state index contributed by atoms with van der Waals surface area (Å²) in [6, 6.07) is 4.15. The molecule has 0 aliphatic heterocycles. The largest absolute Gasteiger partial charge is 0.298 e. The number of hydrogen-bond acceptors (Lipinski definition) is 2. The fourth-order valence-electron chi connectivity index (χ4n) is 1.17. The molecule has 0 spiro atoms. The van der Waals surface area contributed by atoms with Crippen molar-refractivity contribution in [3.8, 4) is 6.07 Å². The predicted molar refractivity (Wildman–Crippen MR) is 48.4 cm³/mol. The van der Waals surface area contributed by atoms with Crippen LogP contribution in [0.25, 0.3) is 0 Å². The van der Waals surface area contributed by atoms with Gasteiger partial charge in [0, 0.05) is 5.56 Å². The van der Waals surface area contributed by atoms with Gasteiger partial charge in [-0.1, -0.05) is 6.92 Å². The quantitative estimate of drug-likeness (QED) is 0.803. The zero-order valence-corrected chi connectivity index (χ0v) is 7.72. The SMILES string of the molecule is CCNC(C#N)c1cc(F)ccc1F. The summed E-state index contributed by atoms with van der Waals surface area (Å²) in [5.74, 6) is -1.11. The van der Waals surface area contributed by atoms with Crippen LogP contribution >= 0.6 is 0 Å². The first-order valence-corrected chi connectivity index (χ1v) is 4.27. The van der Waals surface area contributed by atoms with Crippen LogP contribution in [0.3, 0.4) is 0 Å². The van der Waals surface area contributed by atoms with E-state index in [2.05, 4.69) is 5.32 Å². The zero-order chi connectivity index (χ0) is 10.6. The lowest BCUT2D eigenvalue weighted by molar-refractivity contribution is 0.555. The number of nitrogens with zero attached hydrogens (tertiary/aromatic N) is 1. The Bertz CT molecular complexity index is 358. The molecule has 4 heteroatoms. The average Bonchev–Trinajstić information content (AvgIpc) is 2.18. The Balaban J connectivity index is 3.03. The molecule has 1 aromatic carbocycles. The van der Waals surface area contributed by atoms with Crippen LogP contribution < -0.4 is 5.32 Å². The van der Waals surface area contributed by atoms with Crippen LogP contribution in [-0.4, -0.2) is 6.54 Å². The van der Waals surface area contributed by atoms with Gasteiger partial charge in [0.05, 0.1) is 6.07 Å². The van der Waals surface area contributed by atoms with Crippen molar-refractivity contribution in [1.82, 2.24) is 5.32 Å². The van der Waals surface area contributed by atoms with Gasteiger partial charge in [-0.3, -0.25) is 5.32 Å². The Hall–Kier alpha value is -1.47. The second-order valence-corrected chi connectivity index (χ2v) is 2.79. The first-order valence-electron chi connectivity index (χ1n) is 4.27. The summed E-state index contributed by atoms with van der Waals surface area (Å²) >= 11 is 0. The molecule has 2 nitrogen and oxygen atoms in total. The Morgan fingerprint density at radius 2 is 2.21 bits per heavy atom. The Kier molecular flexibility index (Phi) is 3.55. The van der Waals surface area contributed by atoms with Gasteiger partial charge < -0.3 is 0 Å². The van der Waals surface area contributed by atoms with E-state index < -0.39 is 17.7 Å². The molecule has 74 valence electrons. The Morgan fingerprint density at radius 3 is 2.79 bits per heavy atom. The summed E-state index contributed by atoms with van der Waals surface area (Å²) in [5.41, 5.74) is 0.0503. The maximum absolute atomic E-state index is 13.2. The minimum absolute atomic E-state index is 0.0503. The van der Waals surface area contributed by atoms with E-state index in [4.69, 9.17) is 5.26 Å². The fourth-order valence-corrected chi connectivity index (χ4v) is 1.17. The van der Waals surface area contributed by atoms with E-state index in [0.717, 1.165) is 18.2 Å². The molecule has 1 rings (SSSR count). The molecule has 0 bridgehead atoms. The molecule has 0 radical (unpaired) electrons. The lowest BCUT2D eigenvalue weighted by Crippen LogP contribution is -2.20. The van der Waals surface area contributed by atoms with E-state index in [0.29, 0.717) is 6.54 Å². The number of nitriles is 1. The van der Waals surface area contributed by atoms with Crippen molar-refractivity contribution in [3.63, 3.8) is 0 Å². The first kappa shape index (κ1) is 10.6. The van der Waals surface area contributed by atoms with Crippen molar-refractivity contribution >= 4 is 0 Å². The van der Waals surface area contributed by atoms with E-state index in [1.54, 1.807) is 6.92 Å². The number of benzene rings is 1. The molecule has 0 amide bonds. The highest BCUT2D eigenvalue weighted by atomic mass is 19.1. The van der Waals surface area contributed by atoms with Gasteiger partial charge in [0.2, 0.25) is 0 Å². The molecule has 1 atom stereocenters. The normalized spacial score (nSPS) is 12.1. The molecular formula is C10H10F2N2. The number of rotatable bonds is 3. The van der Waals surface area contributed by atoms with Gasteiger partial charge >= 0.3 is 0 Å². The summed E-state index contributed by atoms with van der Waals surface area (Å²) in [6.45, 7) is 2.32. The lowest BCUT2D eigenvalue weighted by Gasteiger charge is -2.10. The van der Waals surface area contributed by atoms with Crippen LogP contribution in [0.5, 0.6) is 0 Å². The molecule has 1 N–H and O–H groups in total.